The highest BCUT2D eigenvalue weighted by Crippen LogP contribution is 2.25. The number of carbonyl (C=O) groups excluding carboxylic acids is 1. The number of fused-ring (bicyclic) bond motifs is 1. The maximum atomic E-state index is 12.0. The fourth-order valence-electron chi connectivity index (χ4n) is 2.83. The summed E-state index contributed by atoms with van der Waals surface area (Å²) in [4.78, 5) is 18.8. The van der Waals surface area contributed by atoms with E-state index in [4.69, 9.17) is 5.73 Å². The maximum absolute atomic E-state index is 12.0. The number of aromatic nitrogens is 2. The number of hydrogen-bond acceptors (Lipinski definition) is 4. The van der Waals surface area contributed by atoms with Crippen LogP contribution in [0.2, 0.25) is 0 Å². The zero-order valence-corrected chi connectivity index (χ0v) is 11.5. The third kappa shape index (κ3) is 1.92. The van der Waals surface area contributed by atoms with Gasteiger partial charge in [0.2, 0.25) is 5.91 Å². The molecule has 3 rings (SSSR count). The second-order valence-corrected chi connectivity index (χ2v) is 4.92. The molecule has 0 spiro atoms. The molecule has 0 aliphatic carbocycles. The van der Waals surface area contributed by atoms with Crippen LogP contribution in [-0.2, 0) is 11.3 Å². The average molecular weight is 273 g/mol. The molecule has 1 fully saturated rings. The van der Waals surface area contributed by atoms with Crippen LogP contribution in [0.1, 0.15) is 19.0 Å². The van der Waals surface area contributed by atoms with E-state index in [-0.39, 0.29) is 11.9 Å². The van der Waals surface area contributed by atoms with Gasteiger partial charge < -0.3 is 20.4 Å². The number of carbonyl (C=O) groups is 1. The molecule has 1 saturated heterocycles. The van der Waals surface area contributed by atoms with Crippen molar-refractivity contribution in [1.82, 2.24) is 14.7 Å². The molecule has 3 heterocycles. The van der Waals surface area contributed by atoms with Crippen molar-refractivity contribution < 1.29 is 4.79 Å². The summed E-state index contributed by atoms with van der Waals surface area (Å²) < 4.78 is 1.99. The van der Waals surface area contributed by atoms with Gasteiger partial charge in [-0.3, -0.25) is 4.79 Å². The number of hydrogen-bond donors (Lipinski definition) is 2. The summed E-state index contributed by atoms with van der Waals surface area (Å²) in [5.41, 5.74) is 7.72. The van der Waals surface area contributed by atoms with Crippen LogP contribution in [0, 0.1) is 0 Å². The first kappa shape index (κ1) is 12.9. The summed E-state index contributed by atoms with van der Waals surface area (Å²) >= 11 is 0. The van der Waals surface area contributed by atoms with Crippen molar-refractivity contribution in [3.05, 3.63) is 30.1 Å². The maximum Gasteiger partial charge on any atom is 0.242 e. The second-order valence-electron chi connectivity index (χ2n) is 4.92. The molecule has 0 saturated carbocycles. The van der Waals surface area contributed by atoms with Crippen molar-refractivity contribution in [2.24, 2.45) is 5.73 Å². The van der Waals surface area contributed by atoms with Gasteiger partial charge in [0.15, 0.2) is 5.82 Å². The monoisotopic (exact) mass is 273 g/mol. The van der Waals surface area contributed by atoms with Crippen molar-refractivity contribution in [3.8, 4) is 0 Å². The van der Waals surface area contributed by atoms with Crippen molar-refractivity contribution >= 4 is 17.4 Å². The Morgan fingerprint density at radius 2 is 2.35 bits per heavy atom. The molecule has 0 bridgehead atoms. The highest BCUT2D eigenvalue weighted by molar-refractivity contribution is 5.86. The van der Waals surface area contributed by atoms with E-state index in [1.807, 2.05) is 35.7 Å². The Labute approximate surface area is 117 Å². The molecular formula is C14H19N5O. The third-order valence-electron chi connectivity index (χ3n) is 3.79. The summed E-state index contributed by atoms with van der Waals surface area (Å²) in [7, 11) is 0. The molecule has 1 aliphatic rings. The normalized spacial score (nSPS) is 19.4. The van der Waals surface area contributed by atoms with Crippen LogP contribution in [-0.4, -0.2) is 34.4 Å². The van der Waals surface area contributed by atoms with Crippen molar-refractivity contribution in [2.45, 2.75) is 25.9 Å². The SMILES string of the molecule is CCC1C(=O)NCCN1c1nc2ccccn2c1CN. The van der Waals surface area contributed by atoms with E-state index in [2.05, 4.69) is 15.2 Å². The minimum Gasteiger partial charge on any atom is -0.353 e. The minimum absolute atomic E-state index is 0.0683. The van der Waals surface area contributed by atoms with Crippen LogP contribution < -0.4 is 16.0 Å². The third-order valence-corrected chi connectivity index (χ3v) is 3.79. The highest BCUT2D eigenvalue weighted by Gasteiger charge is 2.31. The van der Waals surface area contributed by atoms with Crippen LogP contribution in [0.5, 0.6) is 0 Å². The molecule has 106 valence electrons. The summed E-state index contributed by atoms with van der Waals surface area (Å²) in [5, 5.41) is 2.91. The van der Waals surface area contributed by atoms with Gasteiger partial charge in [0, 0.05) is 25.8 Å². The number of rotatable bonds is 3. The number of nitrogens with one attached hydrogen (secondary N) is 1. The average Bonchev–Trinajstić information content (AvgIpc) is 2.85. The Balaban J connectivity index is 2.10. The molecule has 2 aromatic heterocycles. The molecule has 0 aromatic carbocycles. The predicted octanol–water partition coefficient (Wildman–Crippen LogP) is 0.508. The largest absolute Gasteiger partial charge is 0.353 e. The predicted molar refractivity (Wildman–Crippen MR) is 77.5 cm³/mol. The molecule has 20 heavy (non-hydrogen) atoms. The molecule has 0 radical (unpaired) electrons. The first-order chi connectivity index (χ1) is 9.76. The van der Waals surface area contributed by atoms with E-state index < -0.39 is 0 Å². The number of nitrogens with two attached hydrogens (primary N) is 1. The summed E-state index contributed by atoms with van der Waals surface area (Å²) in [6.45, 7) is 3.82. The number of imidazole rings is 1. The van der Waals surface area contributed by atoms with Crippen LogP contribution in [0.3, 0.4) is 0 Å². The van der Waals surface area contributed by atoms with E-state index in [0.717, 1.165) is 30.1 Å². The first-order valence-corrected chi connectivity index (χ1v) is 6.96. The highest BCUT2D eigenvalue weighted by atomic mass is 16.2. The quantitative estimate of drug-likeness (QED) is 0.854. The molecule has 2 aromatic rings. The Hall–Kier alpha value is -2.08. The van der Waals surface area contributed by atoms with Gasteiger partial charge in [-0.25, -0.2) is 4.98 Å². The van der Waals surface area contributed by atoms with Gasteiger partial charge in [0.05, 0.1) is 5.69 Å². The van der Waals surface area contributed by atoms with E-state index in [1.54, 1.807) is 0 Å². The Kier molecular flexibility index (Phi) is 3.31. The summed E-state index contributed by atoms with van der Waals surface area (Å²) in [5.74, 6) is 0.902. The molecule has 1 unspecified atom stereocenters. The second kappa shape index (κ2) is 5.13. The zero-order valence-electron chi connectivity index (χ0n) is 11.5. The van der Waals surface area contributed by atoms with Gasteiger partial charge in [-0.1, -0.05) is 13.0 Å². The molecule has 1 amide bonds. The Bertz CT molecular complexity index is 636. The molecule has 1 atom stereocenters. The number of piperazine rings is 1. The molecule has 3 N–H and O–H groups in total. The van der Waals surface area contributed by atoms with E-state index in [1.165, 1.54) is 0 Å². The Morgan fingerprint density at radius 3 is 3.10 bits per heavy atom. The van der Waals surface area contributed by atoms with E-state index in [9.17, 15) is 4.79 Å². The van der Waals surface area contributed by atoms with Crippen LogP contribution in [0.25, 0.3) is 5.65 Å². The van der Waals surface area contributed by atoms with Crippen LogP contribution in [0.15, 0.2) is 24.4 Å². The first-order valence-electron chi connectivity index (χ1n) is 6.96. The summed E-state index contributed by atoms with van der Waals surface area (Å²) in [6.07, 6.45) is 2.71. The van der Waals surface area contributed by atoms with Gasteiger partial charge in [-0.15, -0.1) is 0 Å². The zero-order chi connectivity index (χ0) is 14.1. The van der Waals surface area contributed by atoms with Gasteiger partial charge in [0.25, 0.3) is 0 Å². The van der Waals surface area contributed by atoms with Gasteiger partial charge in [-0.05, 0) is 18.6 Å². The van der Waals surface area contributed by atoms with Crippen LogP contribution >= 0.6 is 0 Å². The topological polar surface area (TPSA) is 75.7 Å². The standard InChI is InChI=1S/C14H19N5O/c1-2-10-14(20)16-6-8-19(10)13-11(9-15)18-7-4-3-5-12(18)17-13/h3-5,7,10H,2,6,8-9,15H2,1H3,(H,16,20). The van der Waals surface area contributed by atoms with Crippen molar-refractivity contribution in [1.29, 1.82) is 0 Å². The number of pyridine rings is 1. The lowest BCUT2D eigenvalue weighted by atomic mass is 10.1. The molecule has 6 heteroatoms. The van der Waals surface area contributed by atoms with Crippen LogP contribution in [0.4, 0.5) is 5.82 Å². The van der Waals surface area contributed by atoms with E-state index >= 15 is 0 Å². The molecule has 1 aliphatic heterocycles. The number of amides is 1. The molecule has 6 nitrogen and oxygen atoms in total. The van der Waals surface area contributed by atoms with Gasteiger partial charge in [-0.2, -0.15) is 0 Å². The fourth-order valence-corrected chi connectivity index (χ4v) is 2.83. The molecular weight excluding hydrogens is 254 g/mol. The van der Waals surface area contributed by atoms with Crippen molar-refractivity contribution in [2.75, 3.05) is 18.0 Å². The van der Waals surface area contributed by atoms with Crippen molar-refractivity contribution in [3.63, 3.8) is 0 Å². The summed E-state index contributed by atoms with van der Waals surface area (Å²) in [6, 6.07) is 5.69. The van der Waals surface area contributed by atoms with Gasteiger partial charge >= 0.3 is 0 Å². The Morgan fingerprint density at radius 1 is 1.50 bits per heavy atom. The lowest BCUT2D eigenvalue weighted by Crippen LogP contribution is -2.55. The lowest BCUT2D eigenvalue weighted by molar-refractivity contribution is -0.123. The number of nitrogens with zero attached hydrogens (tertiary/aromatic N) is 3. The minimum atomic E-state index is -0.168. The smallest absolute Gasteiger partial charge is 0.242 e. The number of anilines is 1. The fraction of sp³-hybridized carbons (Fsp3) is 0.429. The van der Waals surface area contributed by atoms with E-state index in [0.29, 0.717) is 13.1 Å². The van der Waals surface area contributed by atoms with Gasteiger partial charge in [0.1, 0.15) is 11.7 Å². The lowest BCUT2D eigenvalue weighted by Gasteiger charge is -2.35.